The first-order valence-corrected chi connectivity index (χ1v) is 23.1. The largest absolute Gasteiger partial charge is 0.455 e. The lowest BCUT2D eigenvalue weighted by molar-refractivity contribution is 0.670. The normalized spacial score (nSPS) is 13.5. The number of aromatic nitrogens is 2. The summed E-state index contributed by atoms with van der Waals surface area (Å²) in [7, 11) is -1.51. The van der Waals surface area contributed by atoms with Crippen molar-refractivity contribution in [2.75, 3.05) is 0 Å². The number of aryl methyl sites for hydroxylation is 3. The highest BCUT2D eigenvalue weighted by Gasteiger charge is 2.27. The molecule has 0 unspecified atom stereocenters. The summed E-state index contributed by atoms with van der Waals surface area (Å²) in [4.78, 5) is 5.38. The van der Waals surface area contributed by atoms with Gasteiger partial charge in [0.1, 0.15) is 17.0 Å². The number of para-hydroxylation sites is 2. The Morgan fingerprint density at radius 2 is 1.35 bits per heavy atom. The van der Waals surface area contributed by atoms with Crippen molar-refractivity contribution in [1.82, 2.24) is 9.55 Å². The van der Waals surface area contributed by atoms with Crippen LogP contribution in [-0.2, 0) is 0 Å². The van der Waals surface area contributed by atoms with Crippen LogP contribution >= 0.6 is 0 Å². The first-order chi connectivity index (χ1) is 27.5. The lowest BCUT2D eigenvalue weighted by Crippen LogP contribution is -2.38. The molecule has 3 nitrogen and oxygen atoms in total. The first-order valence-electron chi connectivity index (χ1n) is 21.1. The van der Waals surface area contributed by atoms with E-state index in [-0.39, 0.29) is 17.4 Å². The van der Waals surface area contributed by atoms with E-state index in [2.05, 4.69) is 151 Å². The maximum absolute atomic E-state index is 8.67. The topological polar surface area (TPSA) is 31.0 Å². The summed E-state index contributed by atoms with van der Waals surface area (Å²) < 4.78 is 35.2. The highest BCUT2D eigenvalue weighted by Crippen LogP contribution is 2.45. The second-order valence-electron chi connectivity index (χ2n) is 17.1. The molecule has 4 heteroatoms. The van der Waals surface area contributed by atoms with Crippen LogP contribution in [-0.4, -0.2) is 17.6 Å². The van der Waals surface area contributed by atoms with Crippen molar-refractivity contribution in [1.29, 1.82) is 0 Å². The third kappa shape index (κ3) is 5.64. The van der Waals surface area contributed by atoms with Gasteiger partial charge in [-0.15, -0.1) is 0 Å². The van der Waals surface area contributed by atoms with Crippen LogP contribution in [0.5, 0.6) is 0 Å². The van der Waals surface area contributed by atoms with Gasteiger partial charge in [-0.2, -0.15) is 0 Å². The third-order valence-electron chi connectivity index (χ3n) is 11.6. The van der Waals surface area contributed by atoms with E-state index < -0.39 is 14.9 Å². The average Bonchev–Trinajstić information content (AvgIpc) is 3.73. The number of furan rings is 1. The zero-order valence-electron chi connectivity index (χ0n) is 36.3. The van der Waals surface area contributed by atoms with E-state index in [1.165, 1.54) is 38.6 Å². The van der Waals surface area contributed by atoms with Gasteiger partial charge in [-0.05, 0) is 135 Å². The summed E-state index contributed by atoms with van der Waals surface area (Å²) in [6, 6.07) is 38.4. The Hall–Kier alpha value is -5.45. The van der Waals surface area contributed by atoms with Crippen molar-refractivity contribution >= 4 is 67.8 Å². The Balaban J connectivity index is 1.37. The maximum Gasteiger partial charge on any atom is 0.149 e. The van der Waals surface area contributed by atoms with E-state index in [1.807, 2.05) is 18.2 Å². The summed E-state index contributed by atoms with van der Waals surface area (Å²) in [5.41, 5.74) is 12.8. The van der Waals surface area contributed by atoms with Crippen LogP contribution in [0.1, 0.15) is 71.5 Å². The number of hydrogen-bond acceptors (Lipinski definition) is 2. The van der Waals surface area contributed by atoms with Gasteiger partial charge >= 0.3 is 0 Å². The van der Waals surface area contributed by atoms with E-state index in [4.69, 9.17) is 13.5 Å². The van der Waals surface area contributed by atoms with Gasteiger partial charge in [0.25, 0.3) is 0 Å². The summed E-state index contributed by atoms with van der Waals surface area (Å²) >= 11 is 0. The predicted molar refractivity (Wildman–Crippen MR) is 240 cm³/mol. The van der Waals surface area contributed by atoms with Crippen molar-refractivity contribution in [3.05, 3.63) is 137 Å². The molecule has 0 atom stereocenters. The molecule has 55 heavy (non-hydrogen) atoms. The molecular formula is C51H50N2OSi. The van der Waals surface area contributed by atoms with Crippen LogP contribution < -0.4 is 5.19 Å². The van der Waals surface area contributed by atoms with E-state index in [9.17, 15) is 0 Å². The molecular weight excluding hydrogens is 685 g/mol. The first kappa shape index (κ1) is 31.9. The van der Waals surface area contributed by atoms with E-state index >= 15 is 0 Å². The molecule has 2 aromatic heterocycles. The summed E-state index contributed by atoms with van der Waals surface area (Å²) in [5.74, 6) is 1.10. The van der Waals surface area contributed by atoms with E-state index in [0.717, 1.165) is 55.0 Å². The van der Waals surface area contributed by atoms with Crippen LogP contribution in [0.3, 0.4) is 0 Å². The summed E-state index contributed by atoms with van der Waals surface area (Å²) in [6.07, 6.45) is 0. The molecule has 0 aliphatic heterocycles. The Kier molecular flexibility index (Phi) is 7.42. The Labute approximate surface area is 329 Å². The zero-order valence-corrected chi connectivity index (χ0v) is 34.3. The number of benzene rings is 7. The Bertz CT molecular complexity index is 3070. The molecule has 0 aliphatic rings. The van der Waals surface area contributed by atoms with Gasteiger partial charge in [-0.1, -0.05) is 119 Å². The standard InChI is InChI=1S/C51H50N2OSi/c1-29(2)40-26-36(47-32(6)23-37(24-33(47)7)55(8,9)10)27-41(30(3)4)49(40)53-45-18-14-13-17-44(45)52-51(53)39-22-19-31(5)48-43-25-35-21-20-34-15-11-12-16-38(34)42(35)28-46(43)54-50(39)48/h11-30H,1-10H3/i5D3. The fraction of sp³-hybridized carbons (Fsp3) is 0.235. The van der Waals surface area contributed by atoms with Crippen molar-refractivity contribution in [3.63, 3.8) is 0 Å². The van der Waals surface area contributed by atoms with Gasteiger partial charge in [0.05, 0.1) is 30.4 Å². The molecule has 0 saturated heterocycles. The molecule has 0 aliphatic carbocycles. The Morgan fingerprint density at radius 1 is 0.673 bits per heavy atom. The molecule has 274 valence electrons. The molecule has 0 fully saturated rings. The van der Waals surface area contributed by atoms with Gasteiger partial charge in [0, 0.05) is 14.9 Å². The average molecular weight is 738 g/mol. The van der Waals surface area contributed by atoms with E-state index in [1.54, 1.807) is 6.07 Å². The molecule has 7 aromatic carbocycles. The second kappa shape index (κ2) is 12.8. The third-order valence-corrected chi connectivity index (χ3v) is 13.6. The zero-order chi connectivity index (χ0) is 41.0. The maximum atomic E-state index is 8.67. The minimum Gasteiger partial charge on any atom is -0.455 e. The molecule has 0 bridgehead atoms. The van der Waals surface area contributed by atoms with Crippen molar-refractivity contribution < 1.29 is 8.53 Å². The van der Waals surface area contributed by atoms with Crippen molar-refractivity contribution in [2.24, 2.45) is 0 Å². The fourth-order valence-electron chi connectivity index (χ4n) is 8.80. The molecule has 0 saturated carbocycles. The minimum absolute atomic E-state index is 0.190. The molecule has 0 spiro atoms. The molecule has 0 N–H and O–H groups in total. The quantitative estimate of drug-likeness (QED) is 0.126. The van der Waals surface area contributed by atoms with Crippen LogP contribution in [0.25, 0.3) is 82.7 Å². The molecule has 9 aromatic rings. The van der Waals surface area contributed by atoms with Crippen molar-refractivity contribution in [3.8, 4) is 28.2 Å². The van der Waals surface area contributed by atoms with Gasteiger partial charge in [0.2, 0.25) is 0 Å². The molecule has 0 amide bonds. The van der Waals surface area contributed by atoms with Crippen LogP contribution in [0.2, 0.25) is 19.6 Å². The Morgan fingerprint density at radius 3 is 2.04 bits per heavy atom. The van der Waals surface area contributed by atoms with Gasteiger partial charge in [-0.25, -0.2) is 4.98 Å². The molecule has 2 heterocycles. The lowest BCUT2D eigenvalue weighted by atomic mass is 9.86. The smallest absolute Gasteiger partial charge is 0.149 e. The van der Waals surface area contributed by atoms with Gasteiger partial charge < -0.3 is 4.42 Å². The fourth-order valence-corrected chi connectivity index (χ4v) is 10.1. The van der Waals surface area contributed by atoms with Gasteiger partial charge in [-0.3, -0.25) is 4.57 Å². The van der Waals surface area contributed by atoms with E-state index in [0.29, 0.717) is 16.6 Å². The molecule has 0 radical (unpaired) electrons. The monoisotopic (exact) mass is 737 g/mol. The summed E-state index contributed by atoms with van der Waals surface area (Å²) in [5, 5.41) is 7.25. The second-order valence-corrected chi connectivity index (χ2v) is 22.2. The minimum atomic E-state index is -2.36. The lowest BCUT2D eigenvalue weighted by Gasteiger charge is -2.26. The number of fused-ring (bicyclic) bond motifs is 7. The van der Waals surface area contributed by atoms with Crippen LogP contribution in [0, 0.1) is 20.7 Å². The van der Waals surface area contributed by atoms with Crippen LogP contribution in [0.15, 0.2) is 114 Å². The van der Waals surface area contributed by atoms with Gasteiger partial charge in [0.15, 0.2) is 0 Å². The molecule has 9 rings (SSSR count). The highest BCUT2D eigenvalue weighted by atomic mass is 28.3. The SMILES string of the molecule is [2H]C([2H])([2H])c1ccc(-c2nc3ccccc3n2-c2c(C(C)C)cc(-c3c(C)cc([Si](C)(C)C)cc3C)cc2C(C)C)c2oc3cc4c(ccc5ccccc54)cc3c12. The summed E-state index contributed by atoms with van der Waals surface area (Å²) in [6.45, 7) is 18.5. The highest BCUT2D eigenvalue weighted by molar-refractivity contribution is 6.88. The number of nitrogens with zero attached hydrogens (tertiary/aromatic N) is 2. The number of imidazole rings is 1. The number of hydrogen-bond donors (Lipinski definition) is 0. The predicted octanol–water partition coefficient (Wildman–Crippen LogP) is 14.3. The van der Waals surface area contributed by atoms with Crippen LogP contribution in [0.4, 0.5) is 0 Å². The number of rotatable bonds is 6. The van der Waals surface area contributed by atoms with Crippen molar-refractivity contribution in [2.45, 2.75) is 79.9 Å².